The molecule has 5 nitrogen and oxygen atoms in total. The van der Waals surface area contributed by atoms with Gasteiger partial charge in [-0.15, -0.1) is 0 Å². The smallest absolute Gasteiger partial charge is 0.251 e. The second kappa shape index (κ2) is 10.1. The van der Waals surface area contributed by atoms with E-state index in [0.717, 1.165) is 37.9 Å². The van der Waals surface area contributed by atoms with Crippen LogP contribution in [0.2, 0.25) is 0 Å². The lowest BCUT2D eigenvalue weighted by Gasteiger charge is -2.13. The van der Waals surface area contributed by atoms with Gasteiger partial charge in [0.15, 0.2) is 0 Å². The lowest BCUT2D eigenvalue weighted by atomic mass is 10.1. The van der Waals surface area contributed by atoms with E-state index in [9.17, 15) is 4.79 Å². The van der Waals surface area contributed by atoms with Crippen LogP contribution >= 0.6 is 15.9 Å². The molecule has 0 unspecified atom stereocenters. The molecule has 0 atom stereocenters. The molecule has 0 aliphatic carbocycles. The molecule has 0 fully saturated rings. The molecular formula is C28H24BrN3O2. The molecule has 170 valence electrons. The second-order valence-corrected chi connectivity index (χ2v) is 8.92. The Hall–Kier alpha value is -3.64. The van der Waals surface area contributed by atoms with E-state index in [1.54, 1.807) is 12.1 Å². The van der Waals surface area contributed by atoms with Gasteiger partial charge in [0.2, 0.25) is 0 Å². The van der Waals surface area contributed by atoms with Crippen molar-refractivity contribution in [3.8, 4) is 5.75 Å². The molecule has 0 bridgehead atoms. The van der Waals surface area contributed by atoms with Gasteiger partial charge in [0.25, 0.3) is 5.91 Å². The summed E-state index contributed by atoms with van der Waals surface area (Å²) in [6.45, 7) is 1.69. The minimum Gasteiger partial charge on any atom is -0.491 e. The van der Waals surface area contributed by atoms with Crippen molar-refractivity contribution in [3.63, 3.8) is 0 Å². The number of para-hydroxylation sites is 2. The van der Waals surface area contributed by atoms with E-state index >= 15 is 0 Å². The van der Waals surface area contributed by atoms with Gasteiger partial charge in [0.1, 0.15) is 18.2 Å². The summed E-state index contributed by atoms with van der Waals surface area (Å²) >= 11 is 3.40. The van der Waals surface area contributed by atoms with Gasteiger partial charge in [-0.3, -0.25) is 4.79 Å². The van der Waals surface area contributed by atoms with Crippen molar-refractivity contribution in [1.82, 2.24) is 14.9 Å². The number of carbonyl (C=O) groups is 1. The quantitative estimate of drug-likeness (QED) is 0.276. The van der Waals surface area contributed by atoms with E-state index < -0.39 is 0 Å². The molecule has 0 aliphatic rings. The fourth-order valence-corrected chi connectivity index (χ4v) is 4.39. The average Bonchev–Trinajstić information content (AvgIpc) is 3.22. The first-order valence-corrected chi connectivity index (χ1v) is 12.1. The molecule has 0 aliphatic heterocycles. The molecule has 0 saturated carbocycles. The van der Waals surface area contributed by atoms with Crippen molar-refractivity contribution in [3.05, 3.63) is 107 Å². The van der Waals surface area contributed by atoms with Gasteiger partial charge in [-0.25, -0.2) is 4.98 Å². The van der Waals surface area contributed by atoms with Crippen molar-refractivity contribution in [2.75, 3.05) is 13.2 Å². The third-order valence-electron chi connectivity index (χ3n) is 5.80. The van der Waals surface area contributed by atoms with Gasteiger partial charge < -0.3 is 14.6 Å². The van der Waals surface area contributed by atoms with E-state index in [0.29, 0.717) is 31.7 Å². The average molecular weight is 514 g/mol. The van der Waals surface area contributed by atoms with E-state index in [2.05, 4.69) is 50.1 Å². The number of ether oxygens (including phenoxy) is 1. The van der Waals surface area contributed by atoms with Gasteiger partial charge in [-0.1, -0.05) is 64.5 Å². The summed E-state index contributed by atoms with van der Waals surface area (Å²) in [5, 5.41) is 5.27. The van der Waals surface area contributed by atoms with Gasteiger partial charge >= 0.3 is 0 Å². The monoisotopic (exact) mass is 513 g/mol. The van der Waals surface area contributed by atoms with Crippen LogP contribution < -0.4 is 10.1 Å². The highest BCUT2D eigenvalue weighted by Crippen LogP contribution is 2.25. The number of hydrogen-bond acceptors (Lipinski definition) is 3. The van der Waals surface area contributed by atoms with Crippen LogP contribution in [0.1, 0.15) is 16.2 Å². The number of benzene rings is 4. The third-order valence-corrected chi connectivity index (χ3v) is 6.32. The highest BCUT2D eigenvalue weighted by molar-refractivity contribution is 9.10. The number of nitrogens with one attached hydrogen (secondary N) is 1. The zero-order chi connectivity index (χ0) is 23.3. The zero-order valence-corrected chi connectivity index (χ0v) is 20.2. The summed E-state index contributed by atoms with van der Waals surface area (Å²) in [7, 11) is 0. The summed E-state index contributed by atoms with van der Waals surface area (Å²) in [4.78, 5) is 17.3. The number of carbonyl (C=O) groups excluding carboxylic acids is 1. The number of aromatic nitrogens is 2. The topological polar surface area (TPSA) is 56.2 Å². The molecule has 1 aromatic heterocycles. The van der Waals surface area contributed by atoms with Crippen LogP contribution in [-0.4, -0.2) is 28.6 Å². The van der Waals surface area contributed by atoms with Crippen LogP contribution in [0, 0.1) is 0 Å². The molecule has 4 aromatic carbocycles. The largest absolute Gasteiger partial charge is 0.491 e. The summed E-state index contributed by atoms with van der Waals surface area (Å²) in [5.41, 5.74) is 2.65. The summed E-state index contributed by atoms with van der Waals surface area (Å²) in [6.07, 6.45) is 0.630. The predicted molar refractivity (Wildman–Crippen MR) is 139 cm³/mol. The molecule has 34 heavy (non-hydrogen) atoms. The summed E-state index contributed by atoms with van der Waals surface area (Å²) in [5.74, 6) is 1.72. The Morgan fingerprint density at radius 1 is 0.912 bits per heavy atom. The molecular weight excluding hydrogens is 490 g/mol. The number of amides is 1. The van der Waals surface area contributed by atoms with Gasteiger partial charge in [-0.05, 0) is 47.9 Å². The second-order valence-electron chi connectivity index (χ2n) is 8.01. The number of imidazole rings is 1. The Balaban J connectivity index is 1.28. The van der Waals surface area contributed by atoms with Crippen LogP contribution in [0.15, 0.2) is 95.5 Å². The maximum atomic E-state index is 12.5. The molecule has 0 spiro atoms. The number of fused-ring (bicyclic) bond motifs is 2. The first-order valence-electron chi connectivity index (χ1n) is 11.3. The molecule has 1 amide bonds. The van der Waals surface area contributed by atoms with Crippen molar-refractivity contribution in [2.45, 2.75) is 13.0 Å². The standard InChI is InChI=1S/C28H24BrN3O2/c29-22-14-12-21(13-15-22)28(33)30-17-16-27-31-24-9-3-4-10-25(24)32(27)18-19-34-26-11-5-7-20-6-1-2-8-23(20)26/h1-15H,16-19H2,(H,30,33). The van der Waals surface area contributed by atoms with E-state index in [1.807, 2.05) is 54.6 Å². The van der Waals surface area contributed by atoms with Crippen molar-refractivity contribution >= 4 is 43.6 Å². The highest BCUT2D eigenvalue weighted by atomic mass is 79.9. The van der Waals surface area contributed by atoms with Gasteiger partial charge in [0, 0.05) is 28.4 Å². The van der Waals surface area contributed by atoms with Crippen LogP contribution in [0.4, 0.5) is 0 Å². The maximum Gasteiger partial charge on any atom is 0.251 e. The van der Waals surface area contributed by atoms with Crippen molar-refractivity contribution < 1.29 is 9.53 Å². The highest BCUT2D eigenvalue weighted by Gasteiger charge is 2.12. The van der Waals surface area contributed by atoms with Gasteiger partial charge in [-0.2, -0.15) is 0 Å². The molecule has 0 radical (unpaired) electrons. The van der Waals surface area contributed by atoms with Crippen LogP contribution in [0.5, 0.6) is 5.75 Å². The Bertz CT molecular complexity index is 1440. The van der Waals surface area contributed by atoms with Gasteiger partial charge in [0.05, 0.1) is 17.6 Å². The number of rotatable bonds is 8. The lowest BCUT2D eigenvalue weighted by Crippen LogP contribution is -2.26. The van der Waals surface area contributed by atoms with E-state index in [4.69, 9.17) is 9.72 Å². The Labute approximate surface area is 206 Å². The Morgan fingerprint density at radius 3 is 2.56 bits per heavy atom. The SMILES string of the molecule is O=C(NCCc1nc2ccccc2n1CCOc1cccc2ccccc12)c1ccc(Br)cc1. The molecule has 0 saturated heterocycles. The molecule has 5 rings (SSSR count). The maximum absolute atomic E-state index is 12.5. The normalized spacial score (nSPS) is 11.1. The fourth-order valence-electron chi connectivity index (χ4n) is 4.13. The summed E-state index contributed by atoms with van der Waals surface area (Å²) < 4.78 is 9.32. The van der Waals surface area contributed by atoms with E-state index in [1.165, 1.54) is 0 Å². The fraction of sp³-hybridized carbons (Fsp3) is 0.143. The minimum absolute atomic E-state index is 0.0885. The number of hydrogen-bond donors (Lipinski definition) is 1. The number of halogens is 1. The van der Waals surface area contributed by atoms with Crippen LogP contribution in [0.3, 0.4) is 0 Å². The van der Waals surface area contributed by atoms with Crippen LogP contribution in [-0.2, 0) is 13.0 Å². The molecule has 1 heterocycles. The van der Waals surface area contributed by atoms with E-state index in [-0.39, 0.29) is 5.91 Å². The first kappa shape index (κ1) is 22.2. The van der Waals surface area contributed by atoms with Crippen molar-refractivity contribution in [2.24, 2.45) is 0 Å². The van der Waals surface area contributed by atoms with Crippen LogP contribution in [0.25, 0.3) is 21.8 Å². The first-order chi connectivity index (χ1) is 16.7. The third kappa shape index (κ3) is 4.82. The lowest BCUT2D eigenvalue weighted by molar-refractivity contribution is 0.0954. The minimum atomic E-state index is -0.0885. The summed E-state index contributed by atoms with van der Waals surface area (Å²) in [6, 6.07) is 29.8. The molecule has 5 aromatic rings. The molecule has 1 N–H and O–H groups in total. The molecule has 6 heteroatoms. The predicted octanol–water partition coefficient (Wildman–Crippen LogP) is 6.00. The van der Waals surface area contributed by atoms with Crippen molar-refractivity contribution in [1.29, 1.82) is 0 Å². The Morgan fingerprint density at radius 2 is 1.68 bits per heavy atom. The Kier molecular flexibility index (Phi) is 6.58. The zero-order valence-electron chi connectivity index (χ0n) is 18.6. The number of nitrogens with zero attached hydrogens (tertiary/aromatic N) is 2.